The molecular weight excluding hydrogens is 274 g/mol. The molecule has 0 radical (unpaired) electrons. The summed E-state index contributed by atoms with van der Waals surface area (Å²) in [7, 11) is -3.15. The van der Waals surface area contributed by atoms with Gasteiger partial charge in [0.15, 0.2) is 0 Å². The van der Waals surface area contributed by atoms with Crippen LogP contribution in [0.1, 0.15) is 47.5 Å². The first-order chi connectivity index (χ1) is 9.30. The molecule has 5 nitrogen and oxygen atoms in total. The van der Waals surface area contributed by atoms with Crippen LogP contribution in [0.4, 0.5) is 0 Å². The number of unbranched alkanes of at least 4 members (excludes halogenated alkanes) is 1. The van der Waals surface area contributed by atoms with Crippen LogP contribution in [0.15, 0.2) is 0 Å². The molecule has 0 amide bonds. The molecular formula is C14H33N3O2S. The molecule has 20 heavy (non-hydrogen) atoms. The summed E-state index contributed by atoms with van der Waals surface area (Å²) in [5.74, 6) is 0.218. The van der Waals surface area contributed by atoms with Crippen molar-refractivity contribution in [1.29, 1.82) is 0 Å². The van der Waals surface area contributed by atoms with Crippen molar-refractivity contribution in [3.63, 3.8) is 0 Å². The fourth-order valence-corrected chi connectivity index (χ4v) is 3.47. The highest BCUT2D eigenvalue weighted by Gasteiger charge is 2.15. The Balaban J connectivity index is 3.93. The molecule has 0 rings (SSSR count). The molecule has 0 saturated carbocycles. The summed E-state index contributed by atoms with van der Waals surface area (Å²) in [6.45, 7) is 13.8. The molecule has 122 valence electrons. The maximum Gasteiger partial charge on any atom is 0.211 e. The van der Waals surface area contributed by atoms with Gasteiger partial charge < -0.3 is 10.2 Å². The predicted octanol–water partition coefficient (Wildman–Crippen LogP) is 1.41. The standard InChI is InChI=1S/C14H33N3O2S/c1-6-17(7-2)12-14(5)16-20(18,19)11-9-8-10-15-13(3)4/h13-16H,6-12H2,1-5H3. The highest BCUT2D eigenvalue weighted by Crippen LogP contribution is 1.98. The van der Waals surface area contributed by atoms with Crippen molar-refractivity contribution in [2.75, 3.05) is 31.9 Å². The Morgan fingerprint density at radius 2 is 1.65 bits per heavy atom. The third-order valence-electron chi connectivity index (χ3n) is 3.20. The summed E-state index contributed by atoms with van der Waals surface area (Å²) in [5, 5.41) is 3.29. The predicted molar refractivity (Wildman–Crippen MR) is 86.5 cm³/mol. The summed E-state index contributed by atoms with van der Waals surface area (Å²) < 4.78 is 26.7. The molecule has 0 aliphatic rings. The molecule has 0 heterocycles. The van der Waals surface area contributed by atoms with E-state index in [1.54, 1.807) is 0 Å². The van der Waals surface area contributed by atoms with E-state index in [2.05, 4.69) is 42.6 Å². The van der Waals surface area contributed by atoms with Crippen LogP contribution in [0.25, 0.3) is 0 Å². The van der Waals surface area contributed by atoms with Crippen molar-refractivity contribution in [3.05, 3.63) is 0 Å². The first-order valence-electron chi connectivity index (χ1n) is 7.76. The Labute approximate surface area is 125 Å². The molecule has 0 bridgehead atoms. The average Bonchev–Trinajstić information content (AvgIpc) is 2.34. The molecule has 0 spiro atoms. The minimum Gasteiger partial charge on any atom is -0.315 e. The number of hydrogen-bond acceptors (Lipinski definition) is 4. The van der Waals surface area contributed by atoms with Crippen molar-refractivity contribution in [2.45, 2.75) is 59.5 Å². The van der Waals surface area contributed by atoms with Gasteiger partial charge in [-0.15, -0.1) is 0 Å². The summed E-state index contributed by atoms with van der Waals surface area (Å²) in [6, 6.07) is 0.424. The van der Waals surface area contributed by atoms with Gasteiger partial charge in [-0.25, -0.2) is 13.1 Å². The van der Waals surface area contributed by atoms with Crippen LogP contribution in [0.5, 0.6) is 0 Å². The smallest absolute Gasteiger partial charge is 0.211 e. The maximum atomic E-state index is 11.9. The molecule has 0 aliphatic heterocycles. The number of rotatable bonds is 12. The van der Waals surface area contributed by atoms with E-state index in [-0.39, 0.29) is 11.8 Å². The van der Waals surface area contributed by atoms with E-state index in [0.717, 1.165) is 32.6 Å². The lowest BCUT2D eigenvalue weighted by Crippen LogP contribution is -2.42. The van der Waals surface area contributed by atoms with E-state index in [1.807, 2.05) is 6.92 Å². The largest absolute Gasteiger partial charge is 0.315 e. The fourth-order valence-electron chi connectivity index (χ4n) is 2.08. The minimum absolute atomic E-state index is 0.0336. The van der Waals surface area contributed by atoms with Crippen LogP contribution < -0.4 is 10.0 Å². The zero-order valence-electron chi connectivity index (χ0n) is 13.8. The number of nitrogens with one attached hydrogen (secondary N) is 2. The van der Waals surface area contributed by atoms with Crippen LogP contribution in [0.3, 0.4) is 0 Å². The highest BCUT2D eigenvalue weighted by molar-refractivity contribution is 7.89. The van der Waals surface area contributed by atoms with E-state index in [9.17, 15) is 8.42 Å². The summed E-state index contributed by atoms with van der Waals surface area (Å²) in [5.41, 5.74) is 0. The molecule has 0 aromatic rings. The quantitative estimate of drug-likeness (QED) is 0.535. The molecule has 0 saturated heterocycles. The molecule has 0 fully saturated rings. The van der Waals surface area contributed by atoms with Gasteiger partial charge in [-0.05, 0) is 39.4 Å². The lowest BCUT2D eigenvalue weighted by atomic mass is 10.3. The average molecular weight is 308 g/mol. The SMILES string of the molecule is CCN(CC)CC(C)NS(=O)(=O)CCCCNC(C)C. The van der Waals surface area contributed by atoms with Gasteiger partial charge in [0.25, 0.3) is 0 Å². The lowest BCUT2D eigenvalue weighted by Gasteiger charge is -2.23. The number of likely N-dealkylation sites (N-methyl/N-ethyl adjacent to an activating group) is 1. The van der Waals surface area contributed by atoms with Crippen molar-refractivity contribution in [3.8, 4) is 0 Å². The Morgan fingerprint density at radius 3 is 2.15 bits per heavy atom. The van der Waals surface area contributed by atoms with Crippen molar-refractivity contribution >= 4 is 10.0 Å². The van der Waals surface area contributed by atoms with Crippen LogP contribution in [-0.4, -0.2) is 57.3 Å². The van der Waals surface area contributed by atoms with E-state index in [4.69, 9.17) is 0 Å². The summed E-state index contributed by atoms with van der Waals surface area (Å²) in [6.07, 6.45) is 1.59. The fraction of sp³-hybridized carbons (Fsp3) is 1.00. The van der Waals surface area contributed by atoms with Crippen molar-refractivity contribution < 1.29 is 8.42 Å². The second-order valence-electron chi connectivity index (χ2n) is 5.64. The Kier molecular flexibility index (Phi) is 10.5. The molecule has 1 unspecified atom stereocenters. The van der Waals surface area contributed by atoms with Gasteiger partial charge in [-0.3, -0.25) is 0 Å². The summed E-state index contributed by atoms with van der Waals surface area (Å²) >= 11 is 0. The normalized spacial score (nSPS) is 14.2. The van der Waals surface area contributed by atoms with Gasteiger partial charge >= 0.3 is 0 Å². The van der Waals surface area contributed by atoms with Crippen LogP contribution in [0.2, 0.25) is 0 Å². The Hall–Kier alpha value is -0.170. The Bertz CT molecular complexity index is 327. The number of sulfonamides is 1. The number of nitrogens with zero attached hydrogens (tertiary/aromatic N) is 1. The van der Waals surface area contributed by atoms with Gasteiger partial charge in [-0.2, -0.15) is 0 Å². The van der Waals surface area contributed by atoms with Gasteiger partial charge in [0, 0.05) is 18.6 Å². The van der Waals surface area contributed by atoms with E-state index < -0.39 is 10.0 Å². The zero-order valence-corrected chi connectivity index (χ0v) is 14.6. The van der Waals surface area contributed by atoms with Gasteiger partial charge in [0.05, 0.1) is 5.75 Å². The first-order valence-corrected chi connectivity index (χ1v) is 9.41. The first kappa shape index (κ1) is 19.8. The number of hydrogen-bond donors (Lipinski definition) is 2. The second kappa shape index (κ2) is 10.5. The monoisotopic (exact) mass is 307 g/mol. The minimum atomic E-state index is -3.15. The van der Waals surface area contributed by atoms with Gasteiger partial charge in [-0.1, -0.05) is 27.7 Å². The highest BCUT2D eigenvalue weighted by atomic mass is 32.2. The maximum absolute atomic E-state index is 11.9. The van der Waals surface area contributed by atoms with E-state index >= 15 is 0 Å². The van der Waals surface area contributed by atoms with Crippen LogP contribution in [-0.2, 0) is 10.0 Å². The molecule has 0 aromatic carbocycles. The van der Waals surface area contributed by atoms with Crippen LogP contribution >= 0.6 is 0 Å². The molecule has 6 heteroatoms. The molecule has 1 atom stereocenters. The van der Waals surface area contributed by atoms with Gasteiger partial charge in [0.1, 0.15) is 0 Å². The Morgan fingerprint density at radius 1 is 1.05 bits per heavy atom. The third kappa shape index (κ3) is 10.6. The topological polar surface area (TPSA) is 61.4 Å². The zero-order chi connectivity index (χ0) is 15.6. The molecule has 2 N–H and O–H groups in total. The summed E-state index contributed by atoms with van der Waals surface area (Å²) in [4.78, 5) is 2.22. The van der Waals surface area contributed by atoms with Gasteiger partial charge in [0.2, 0.25) is 10.0 Å². The molecule has 0 aliphatic carbocycles. The van der Waals surface area contributed by atoms with Crippen molar-refractivity contribution in [1.82, 2.24) is 14.9 Å². The van der Waals surface area contributed by atoms with E-state index in [0.29, 0.717) is 12.5 Å². The lowest BCUT2D eigenvalue weighted by molar-refractivity contribution is 0.282. The third-order valence-corrected chi connectivity index (χ3v) is 4.79. The van der Waals surface area contributed by atoms with Crippen molar-refractivity contribution in [2.24, 2.45) is 0 Å². The molecule has 0 aromatic heterocycles. The second-order valence-corrected chi connectivity index (χ2v) is 7.51. The van der Waals surface area contributed by atoms with E-state index in [1.165, 1.54) is 0 Å². The van der Waals surface area contributed by atoms with Crippen LogP contribution in [0, 0.1) is 0 Å².